The third-order valence-electron chi connectivity index (χ3n) is 7.28. The Balaban J connectivity index is 1.64. The van der Waals surface area contributed by atoms with Crippen molar-refractivity contribution in [3.05, 3.63) is 108 Å². The van der Waals surface area contributed by atoms with Gasteiger partial charge in [-0.2, -0.15) is 0 Å². The second-order valence-electron chi connectivity index (χ2n) is 10.9. The first-order valence-corrected chi connectivity index (χ1v) is 14.6. The molecule has 0 aromatic heterocycles. The highest BCUT2D eigenvalue weighted by atomic mass is 16.5. The predicted molar refractivity (Wildman–Crippen MR) is 164 cm³/mol. The van der Waals surface area contributed by atoms with E-state index in [1.807, 2.05) is 54.6 Å². The maximum atomic E-state index is 14.2. The second-order valence-corrected chi connectivity index (χ2v) is 10.9. The summed E-state index contributed by atoms with van der Waals surface area (Å²) in [7, 11) is 0. The molecule has 0 radical (unpaired) electrons. The third-order valence-corrected chi connectivity index (χ3v) is 7.28. The van der Waals surface area contributed by atoms with Crippen molar-refractivity contribution in [3.63, 3.8) is 0 Å². The van der Waals surface area contributed by atoms with Gasteiger partial charge in [-0.3, -0.25) is 19.2 Å². The van der Waals surface area contributed by atoms with E-state index in [-0.39, 0.29) is 38.3 Å². The molecule has 0 bridgehead atoms. The highest BCUT2D eigenvalue weighted by Gasteiger charge is 2.43. The van der Waals surface area contributed by atoms with Gasteiger partial charge >= 0.3 is 6.09 Å². The van der Waals surface area contributed by atoms with E-state index >= 15 is 0 Å². The molecule has 1 aliphatic rings. The van der Waals surface area contributed by atoms with Crippen LogP contribution in [0.4, 0.5) is 4.79 Å². The van der Waals surface area contributed by atoms with E-state index in [1.165, 1.54) is 11.8 Å². The number of aldehydes is 1. The fourth-order valence-electron chi connectivity index (χ4n) is 5.12. The molecular weight excluding hydrogens is 576 g/mol. The number of amides is 4. The zero-order chi connectivity index (χ0) is 32.2. The van der Waals surface area contributed by atoms with Crippen LogP contribution in [0.2, 0.25) is 0 Å². The quantitative estimate of drug-likeness (QED) is 0.283. The molecule has 234 valence electrons. The molecule has 1 aliphatic heterocycles. The molecule has 4 amide bonds. The van der Waals surface area contributed by atoms with Gasteiger partial charge in [0.2, 0.25) is 17.7 Å². The van der Waals surface area contributed by atoms with E-state index in [1.54, 1.807) is 36.4 Å². The lowest BCUT2D eigenvalue weighted by molar-refractivity contribution is -0.144. The summed E-state index contributed by atoms with van der Waals surface area (Å²) in [6.45, 7) is 0.663. The summed E-state index contributed by atoms with van der Waals surface area (Å²) in [6, 6.07) is 23.9. The van der Waals surface area contributed by atoms with Crippen LogP contribution in [-0.2, 0) is 48.3 Å². The Kier molecular flexibility index (Phi) is 11.6. The van der Waals surface area contributed by atoms with Crippen LogP contribution in [0.5, 0.6) is 0 Å². The molecule has 1 heterocycles. The maximum absolute atomic E-state index is 14.2. The van der Waals surface area contributed by atoms with Gasteiger partial charge in [-0.15, -0.1) is 0 Å². The average Bonchev–Trinajstić information content (AvgIpc) is 3.12. The number of alkyl carbamates (subject to hydrolysis) is 1. The van der Waals surface area contributed by atoms with E-state index in [2.05, 4.69) is 10.6 Å². The summed E-state index contributed by atoms with van der Waals surface area (Å²) in [5.74, 6) is -2.11. The van der Waals surface area contributed by atoms with Crippen molar-refractivity contribution < 1.29 is 33.5 Å². The van der Waals surface area contributed by atoms with Crippen LogP contribution in [0, 0.1) is 0 Å². The minimum atomic E-state index is -1.24. The first kappa shape index (κ1) is 32.6. The van der Waals surface area contributed by atoms with Gasteiger partial charge in [-0.25, -0.2) is 4.79 Å². The zero-order valence-corrected chi connectivity index (χ0v) is 25.0. The van der Waals surface area contributed by atoms with Crippen LogP contribution in [0.3, 0.4) is 0 Å². The molecule has 0 aliphatic carbocycles. The molecule has 2 N–H and O–H groups in total. The number of benzene rings is 3. The number of carbonyl (C=O) groups is 6. The summed E-state index contributed by atoms with van der Waals surface area (Å²) >= 11 is 0. The van der Waals surface area contributed by atoms with Crippen LogP contribution in [0.15, 0.2) is 91.0 Å². The number of carbonyl (C=O) groups excluding carboxylic acids is 6. The Morgan fingerprint density at radius 1 is 0.867 bits per heavy atom. The number of Topliss-reactive ketones (excluding diaryl/α,β-unsaturated/α-hetero) is 1. The van der Waals surface area contributed by atoms with Crippen molar-refractivity contribution in [1.29, 1.82) is 0 Å². The van der Waals surface area contributed by atoms with Gasteiger partial charge in [0.25, 0.3) is 0 Å². The fraction of sp³-hybridized carbons (Fsp3) is 0.294. The summed E-state index contributed by atoms with van der Waals surface area (Å²) in [5, 5.41) is 5.07. The fourth-order valence-corrected chi connectivity index (χ4v) is 5.12. The molecule has 3 unspecified atom stereocenters. The first-order chi connectivity index (χ1) is 21.7. The topological polar surface area (TPSA) is 142 Å². The highest BCUT2D eigenvalue weighted by Crippen LogP contribution is 2.20. The van der Waals surface area contributed by atoms with Gasteiger partial charge in [0.1, 0.15) is 37.3 Å². The van der Waals surface area contributed by atoms with Crippen molar-refractivity contribution >= 4 is 35.9 Å². The molecule has 0 spiro atoms. The first-order valence-electron chi connectivity index (χ1n) is 14.6. The maximum Gasteiger partial charge on any atom is 0.408 e. The summed E-state index contributed by atoms with van der Waals surface area (Å²) in [5.41, 5.74) is 2.31. The van der Waals surface area contributed by atoms with E-state index in [9.17, 15) is 28.8 Å². The number of ether oxygens (including phenoxy) is 1. The minimum absolute atomic E-state index is 0.0355. The third kappa shape index (κ3) is 9.59. The van der Waals surface area contributed by atoms with Gasteiger partial charge in [-0.05, 0) is 23.6 Å². The summed E-state index contributed by atoms with van der Waals surface area (Å²) in [4.78, 5) is 80.2. The van der Waals surface area contributed by atoms with E-state index in [0.29, 0.717) is 6.29 Å². The van der Waals surface area contributed by atoms with Crippen molar-refractivity contribution in [2.45, 2.75) is 51.0 Å². The van der Waals surface area contributed by atoms with Gasteiger partial charge < -0.3 is 30.0 Å². The second kappa shape index (κ2) is 15.9. The highest BCUT2D eigenvalue weighted by molar-refractivity contribution is 5.97. The lowest BCUT2D eigenvalue weighted by Gasteiger charge is -2.31. The molecule has 11 heteroatoms. The Morgan fingerprint density at radius 2 is 1.44 bits per heavy atom. The molecular formula is C34H36N4O7. The van der Waals surface area contributed by atoms with Crippen LogP contribution in [0.25, 0.3) is 0 Å². The lowest BCUT2D eigenvalue weighted by Crippen LogP contribution is -2.56. The van der Waals surface area contributed by atoms with Gasteiger partial charge in [0.05, 0.1) is 12.6 Å². The molecule has 3 atom stereocenters. The average molecular weight is 613 g/mol. The van der Waals surface area contributed by atoms with Gasteiger partial charge in [0.15, 0.2) is 0 Å². The number of nitrogens with one attached hydrogen (secondary N) is 2. The normalized spacial score (nSPS) is 17.2. The van der Waals surface area contributed by atoms with Crippen LogP contribution in [0.1, 0.15) is 30.0 Å². The Bertz CT molecular complexity index is 1480. The molecule has 3 aromatic rings. The van der Waals surface area contributed by atoms with Crippen molar-refractivity contribution in [1.82, 2.24) is 20.4 Å². The van der Waals surface area contributed by atoms with Crippen LogP contribution >= 0.6 is 0 Å². The monoisotopic (exact) mass is 612 g/mol. The van der Waals surface area contributed by atoms with Crippen molar-refractivity contribution in [3.8, 4) is 0 Å². The standard InChI is InChI=1S/C34H36N4O7/c1-24(40)17-28(22-39)35-31(41)21-38-30(18-25-11-5-2-6-12-25)33(43)37(19-26-13-7-3-8-14-26)20-29(32(38)42)36-34(44)45-23-27-15-9-4-10-16-27/h2-16,22,28-30H,17-21,23H2,1H3,(H,35,41)(H,36,44). The molecule has 11 nitrogen and oxygen atoms in total. The largest absolute Gasteiger partial charge is 0.445 e. The lowest BCUT2D eigenvalue weighted by atomic mass is 10.0. The number of ketones is 1. The number of nitrogens with zero attached hydrogens (tertiary/aromatic N) is 2. The Hall–Kier alpha value is -5.32. The van der Waals surface area contributed by atoms with E-state index in [4.69, 9.17) is 4.74 Å². The van der Waals surface area contributed by atoms with Gasteiger partial charge in [-0.1, -0.05) is 91.0 Å². The molecule has 1 saturated heterocycles. The van der Waals surface area contributed by atoms with Crippen molar-refractivity contribution in [2.24, 2.45) is 0 Å². The van der Waals surface area contributed by atoms with Crippen molar-refractivity contribution in [2.75, 3.05) is 13.1 Å². The molecule has 1 fully saturated rings. The van der Waals surface area contributed by atoms with E-state index in [0.717, 1.165) is 21.6 Å². The Morgan fingerprint density at radius 3 is 2.02 bits per heavy atom. The Labute approximate surface area is 261 Å². The molecule has 3 aromatic carbocycles. The SMILES string of the molecule is CC(=O)CC(C=O)NC(=O)CN1C(=O)C(NC(=O)OCc2ccccc2)CN(Cc2ccccc2)C(=O)C1Cc1ccccc1. The van der Waals surface area contributed by atoms with Crippen LogP contribution in [-0.4, -0.2) is 76.9 Å². The summed E-state index contributed by atoms with van der Waals surface area (Å²) < 4.78 is 5.37. The zero-order valence-electron chi connectivity index (χ0n) is 25.0. The summed E-state index contributed by atoms with van der Waals surface area (Å²) in [6.07, 6.45) is -0.528. The minimum Gasteiger partial charge on any atom is -0.445 e. The smallest absolute Gasteiger partial charge is 0.408 e. The number of rotatable bonds is 13. The molecule has 45 heavy (non-hydrogen) atoms. The predicted octanol–water partition coefficient (Wildman–Crippen LogP) is 2.43. The van der Waals surface area contributed by atoms with Crippen LogP contribution < -0.4 is 10.6 Å². The number of hydrogen-bond acceptors (Lipinski definition) is 7. The van der Waals surface area contributed by atoms with Gasteiger partial charge in [0, 0.05) is 19.4 Å². The molecule has 0 saturated carbocycles. The molecule has 4 rings (SSSR count). The number of hydrogen-bond donors (Lipinski definition) is 2. The van der Waals surface area contributed by atoms with E-state index < -0.39 is 48.5 Å².